The minimum absolute atomic E-state index is 0.0435. The number of carbonyl (C=O) groups is 1. The van der Waals surface area contributed by atoms with Crippen LogP contribution in [0.3, 0.4) is 0 Å². The Hall–Kier alpha value is -2.37. The Morgan fingerprint density at radius 1 is 1.04 bits per heavy atom. The lowest BCUT2D eigenvalue weighted by Gasteiger charge is -2.17. The lowest BCUT2D eigenvalue weighted by Crippen LogP contribution is -2.29. The van der Waals surface area contributed by atoms with Crippen molar-refractivity contribution in [2.45, 2.75) is 11.8 Å². The van der Waals surface area contributed by atoms with E-state index >= 15 is 0 Å². The molecular formula is C19H15Cl2N3O2. The van der Waals surface area contributed by atoms with Crippen molar-refractivity contribution >= 4 is 29.1 Å². The monoisotopic (exact) mass is 387 g/mol. The zero-order chi connectivity index (χ0) is 18.1. The van der Waals surface area contributed by atoms with Crippen LogP contribution in [0.5, 0.6) is 0 Å². The van der Waals surface area contributed by atoms with E-state index in [1.54, 1.807) is 23.1 Å². The van der Waals surface area contributed by atoms with Crippen molar-refractivity contribution in [2.75, 3.05) is 13.1 Å². The summed E-state index contributed by atoms with van der Waals surface area (Å²) in [6.45, 7) is 1.03. The van der Waals surface area contributed by atoms with E-state index < -0.39 is 0 Å². The summed E-state index contributed by atoms with van der Waals surface area (Å²) >= 11 is 12.3. The highest BCUT2D eigenvalue weighted by Gasteiger charge is 2.40. The van der Waals surface area contributed by atoms with Crippen molar-refractivity contribution in [1.82, 2.24) is 15.0 Å². The molecule has 0 spiro atoms. The second-order valence-corrected chi connectivity index (χ2v) is 7.01. The highest BCUT2D eigenvalue weighted by molar-refractivity contribution is 6.43. The van der Waals surface area contributed by atoms with Crippen LogP contribution >= 0.6 is 23.2 Å². The zero-order valence-corrected chi connectivity index (χ0v) is 15.2. The molecule has 1 aliphatic heterocycles. The van der Waals surface area contributed by atoms with Gasteiger partial charge in [-0.3, -0.25) is 4.79 Å². The van der Waals surface area contributed by atoms with Crippen molar-refractivity contribution < 1.29 is 9.32 Å². The highest BCUT2D eigenvalue weighted by atomic mass is 35.5. The Balaban J connectivity index is 1.67. The number of halogens is 2. The molecule has 2 heterocycles. The van der Waals surface area contributed by atoms with Gasteiger partial charge in [0.1, 0.15) is 0 Å². The number of benzene rings is 2. The second-order valence-electron chi connectivity index (χ2n) is 6.22. The number of carbonyl (C=O) groups excluding carboxylic acids is 1. The first-order valence-corrected chi connectivity index (χ1v) is 8.95. The smallest absolute Gasteiger partial charge is 0.255 e. The number of hydrogen-bond acceptors (Lipinski definition) is 4. The maximum Gasteiger partial charge on any atom is 0.255 e. The molecule has 1 aliphatic rings. The molecule has 2 aromatic carbocycles. The van der Waals surface area contributed by atoms with Gasteiger partial charge >= 0.3 is 0 Å². The van der Waals surface area contributed by atoms with Crippen LogP contribution in [0.15, 0.2) is 59.4 Å². The van der Waals surface area contributed by atoms with Gasteiger partial charge < -0.3 is 9.42 Å². The molecule has 7 heteroatoms. The Morgan fingerprint density at radius 3 is 2.54 bits per heavy atom. The van der Waals surface area contributed by atoms with Crippen LogP contribution in [0.25, 0.3) is 0 Å². The molecule has 5 nitrogen and oxygen atoms in total. The zero-order valence-electron chi connectivity index (χ0n) is 13.7. The minimum Gasteiger partial charge on any atom is -0.343 e. The lowest BCUT2D eigenvalue weighted by atomic mass is 9.88. The summed E-state index contributed by atoms with van der Waals surface area (Å²) in [5, 5.41) is 4.64. The third-order valence-corrected chi connectivity index (χ3v) is 5.55. The number of aromatic nitrogens is 2. The van der Waals surface area contributed by atoms with Gasteiger partial charge in [-0.1, -0.05) is 64.8 Å². The molecule has 4 rings (SSSR count). The molecule has 0 saturated carbocycles. The number of hydrogen-bond donors (Lipinski definition) is 0. The molecule has 0 aliphatic carbocycles. The predicted molar refractivity (Wildman–Crippen MR) is 98.6 cm³/mol. The molecule has 0 radical (unpaired) electrons. The SMILES string of the molecule is O=C(c1cccc(Cl)c1Cl)N1CC(c2ccccc2)C(c2ncon2)C1. The van der Waals surface area contributed by atoms with Gasteiger partial charge in [-0.15, -0.1) is 0 Å². The Bertz CT molecular complexity index is 916. The van der Waals surface area contributed by atoms with E-state index in [1.807, 2.05) is 18.2 Å². The summed E-state index contributed by atoms with van der Waals surface area (Å²) < 4.78 is 4.92. The first kappa shape index (κ1) is 17.1. The van der Waals surface area contributed by atoms with E-state index in [0.717, 1.165) is 5.56 Å². The predicted octanol–water partition coefficient (Wildman–Crippen LogP) is 4.40. The number of rotatable bonds is 3. The summed E-state index contributed by atoms with van der Waals surface area (Å²) in [4.78, 5) is 19.0. The summed E-state index contributed by atoms with van der Waals surface area (Å²) in [7, 11) is 0. The second kappa shape index (κ2) is 7.09. The lowest BCUT2D eigenvalue weighted by molar-refractivity contribution is 0.0789. The van der Waals surface area contributed by atoms with Crippen LogP contribution in [0.4, 0.5) is 0 Å². The minimum atomic E-state index is -0.149. The summed E-state index contributed by atoms with van der Waals surface area (Å²) in [6, 6.07) is 15.1. The summed E-state index contributed by atoms with van der Waals surface area (Å²) in [5.74, 6) is 0.490. The number of amides is 1. The molecule has 3 aromatic rings. The normalized spacial score (nSPS) is 19.7. The third kappa shape index (κ3) is 3.08. The van der Waals surface area contributed by atoms with Crippen molar-refractivity contribution in [3.8, 4) is 0 Å². The van der Waals surface area contributed by atoms with Gasteiger partial charge in [0.2, 0.25) is 6.39 Å². The van der Waals surface area contributed by atoms with Crippen molar-refractivity contribution in [2.24, 2.45) is 0 Å². The Kier molecular flexibility index (Phi) is 4.66. The van der Waals surface area contributed by atoms with E-state index in [9.17, 15) is 4.79 Å². The van der Waals surface area contributed by atoms with Gasteiger partial charge in [0.05, 0.1) is 15.6 Å². The van der Waals surface area contributed by atoms with Crippen molar-refractivity contribution in [3.63, 3.8) is 0 Å². The maximum absolute atomic E-state index is 13.0. The third-order valence-electron chi connectivity index (χ3n) is 4.73. The van der Waals surface area contributed by atoms with Gasteiger partial charge in [0.25, 0.3) is 5.91 Å². The quantitative estimate of drug-likeness (QED) is 0.667. The molecule has 26 heavy (non-hydrogen) atoms. The van der Waals surface area contributed by atoms with E-state index in [1.165, 1.54) is 6.39 Å². The van der Waals surface area contributed by atoms with Crippen LogP contribution in [0.1, 0.15) is 33.6 Å². The van der Waals surface area contributed by atoms with Gasteiger partial charge in [-0.2, -0.15) is 4.98 Å². The van der Waals surface area contributed by atoms with Crippen LogP contribution in [-0.2, 0) is 0 Å². The average Bonchev–Trinajstić information content (AvgIpc) is 3.33. The average molecular weight is 388 g/mol. The first-order chi connectivity index (χ1) is 12.6. The fourth-order valence-corrected chi connectivity index (χ4v) is 3.83. The molecular weight excluding hydrogens is 373 g/mol. The molecule has 132 valence electrons. The summed E-state index contributed by atoms with van der Waals surface area (Å²) in [6.07, 6.45) is 1.32. The standard InChI is InChI=1S/C19H15Cl2N3O2/c20-16-8-4-7-13(17(16)21)19(25)24-9-14(12-5-2-1-3-6-12)15(10-24)18-22-11-26-23-18/h1-8,11,14-15H,9-10H2. The van der Waals surface area contributed by atoms with Gasteiger partial charge in [0, 0.05) is 24.9 Å². The van der Waals surface area contributed by atoms with Crippen LogP contribution in [0, 0.1) is 0 Å². The molecule has 2 atom stereocenters. The van der Waals surface area contributed by atoms with Crippen molar-refractivity contribution in [3.05, 3.63) is 81.9 Å². The largest absolute Gasteiger partial charge is 0.343 e. The Morgan fingerprint density at radius 2 is 1.81 bits per heavy atom. The topological polar surface area (TPSA) is 59.2 Å². The maximum atomic E-state index is 13.0. The first-order valence-electron chi connectivity index (χ1n) is 8.19. The van der Waals surface area contributed by atoms with E-state index in [0.29, 0.717) is 29.5 Å². The van der Waals surface area contributed by atoms with Crippen molar-refractivity contribution in [1.29, 1.82) is 0 Å². The Labute approximate surface area is 160 Å². The van der Waals surface area contributed by atoms with Crippen LogP contribution in [0.2, 0.25) is 10.0 Å². The molecule has 0 N–H and O–H groups in total. The fourth-order valence-electron chi connectivity index (χ4n) is 3.45. The molecule has 2 unspecified atom stereocenters. The van der Waals surface area contributed by atoms with Gasteiger partial charge in [-0.05, 0) is 17.7 Å². The van der Waals surface area contributed by atoms with Crippen LogP contribution in [-0.4, -0.2) is 34.0 Å². The van der Waals surface area contributed by atoms with Crippen LogP contribution < -0.4 is 0 Å². The van der Waals surface area contributed by atoms with Gasteiger partial charge in [0.15, 0.2) is 5.82 Å². The molecule has 1 fully saturated rings. The molecule has 1 aromatic heterocycles. The summed E-state index contributed by atoms with van der Waals surface area (Å²) in [5.41, 5.74) is 1.54. The molecule has 0 bridgehead atoms. The fraction of sp³-hybridized carbons (Fsp3) is 0.211. The van der Waals surface area contributed by atoms with Gasteiger partial charge in [-0.25, -0.2) is 0 Å². The molecule has 1 amide bonds. The number of nitrogens with zero attached hydrogens (tertiary/aromatic N) is 3. The number of likely N-dealkylation sites (tertiary alicyclic amines) is 1. The highest BCUT2D eigenvalue weighted by Crippen LogP contribution is 2.39. The van der Waals surface area contributed by atoms with E-state index in [-0.39, 0.29) is 22.8 Å². The molecule has 1 saturated heterocycles. The van der Waals surface area contributed by atoms with E-state index in [2.05, 4.69) is 22.3 Å². The van der Waals surface area contributed by atoms with E-state index in [4.69, 9.17) is 27.7 Å².